The number of para-hydroxylation sites is 1. The molecule has 204 valence electrons. The van der Waals surface area contributed by atoms with Crippen molar-refractivity contribution in [2.45, 2.75) is 44.6 Å². The van der Waals surface area contributed by atoms with Gasteiger partial charge in [-0.15, -0.1) is 0 Å². The number of fused-ring (bicyclic) bond motifs is 1. The number of aromatic carboxylic acids is 1. The third-order valence-corrected chi connectivity index (χ3v) is 8.07. The molecule has 8 nitrogen and oxygen atoms in total. The van der Waals surface area contributed by atoms with E-state index in [1.165, 1.54) is 6.20 Å². The fraction of sp³-hybridized carbons (Fsp3) is 0.400. The number of aromatic nitrogens is 2. The zero-order valence-corrected chi connectivity index (χ0v) is 22.8. The number of benzene rings is 2. The summed E-state index contributed by atoms with van der Waals surface area (Å²) in [6, 6.07) is 15.3. The van der Waals surface area contributed by atoms with Crippen molar-refractivity contribution in [3.8, 4) is 5.75 Å². The molecule has 0 spiro atoms. The summed E-state index contributed by atoms with van der Waals surface area (Å²) in [6.07, 6.45) is 5.93. The molecule has 39 heavy (non-hydrogen) atoms. The summed E-state index contributed by atoms with van der Waals surface area (Å²) in [5.74, 6) is 0.630. The van der Waals surface area contributed by atoms with E-state index in [1.807, 2.05) is 53.4 Å². The molecular weight excluding hydrogens is 516 g/mol. The van der Waals surface area contributed by atoms with E-state index >= 15 is 0 Å². The maximum Gasteiger partial charge on any atom is 0.339 e. The van der Waals surface area contributed by atoms with Crippen molar-refractivity contribution >= 4 is 29.4 Å². The number of anilines is 1. The van der Waals surface area contributed by atoms with Gasteiger partial charge in [0.1, 0.15) is 5.75 Å². The molecule has 2 aromatic carbocycles. The van der Waals surface area contributed by atoms with Crippen molar-refractivity contribution in [3.05, 3.63) is 82.1 Å². The SMILES string of the molecule is COc1ccccc1CC(=O)N1CCCC[C@H]2CN(c3ncc(C(=O)O)c(CCc4ccc(Cl)cc4)n3)C[C@H]21. The first-order valence-electron chi connectivity index (χ1n) is 13.4. The Morgan fingerprint density at radius 2 is 1.87 bits per heavy atom. The molecule has 2 aliphatic rings. The van der Waals surface area contributed by atoms with Crippen LogP contribution in [0.4, 0.5) is 5.95 Å². The van der Waals surface area contributed by atoms with Gasteiger partial charge < -0.3 is 19.6 Å². The smallest absolute Gasteiger partial charge is 0.339 e. The number of carbonyl (C=O) groups is 2. The molecule has 0 unspecified atom stereocenters. The molecule has 3 aromatic rings. The Balaban J connectivity index is 1.34. The van der Waals surface area contributed by atoms with Crippen LogP contribution >= 0.6 is 11.6 Å². The molecule has 3 heterocycles. The van der Waals surface area contributed by atoms with Crippen LogP contribution in [0.15, 0.2) is 54.7 Å². The van der Waals surface area contributed by atoms with Gasteiger partial charge in [-0.2, -0.15) is 0 Å². The summed E-state index contributed by atoms with van der Waals surface area (Å²) in [5.41, 5.74) is 2.58. The van der Waals surface area contributed by atoms with Gasteiger partial charge in [-0.3, -0.25) is 4.79 Å². The number of carboxylic acid groups (broad SMARTS) is 1. The van der Waals surface area contributed by atoms with Gasteiger partial charge in [-0.25, -0.2) is 14.8 Å². The molecular formula is C30H33ClN4O4. The van der Waals surface area contributed by atoms with Gasteiger partial charge >= 0.3 is 5.97 Å². The maximum absolute atomic E-state index is 13.5. The number of aryl methyl sites for hydroxylation is 2. The van der Waals surface area contributed by atoms with E-state index in [1.54, 1.807) is 7.11 Å². The Kier molecular flexibility index (Phi) is 8.31. The van der Waals surface area contributed by atoms with Crippen LogP contribution in [0.25, 0.3) is 0 Å². The molecule has 1 N–H and O–H groups in total. The van der Waals surface area contributed by atoms with Gasteiger partial charge in [0.15, 0.2) is 0 Å². The number of halogens is 1. The van der Waals surface area contributed by atoms with Gasteiger partial charge in [-0.05, 0) is 55.4 Å². The van der Waals surface area contributed by atoms with E-state index < -0.39 is 5.97 Å². The predicted molar refractivity (Wildman–Crippen MR) is 150 cm³/mol. The first-order chi connectivity index (χ1) is 18.9. The molecule has 2 atom stereocenters. The quantitative estimate of drug-likeness (QED) is 0.436. The third-order valence-electron chi connectivity index (χ3n) is 7.82. The summed E-state index contributed by atoms with van der Waals surface area (Å²) < 4.78 is 5.47. The summed E-state index contributed by atoms with van der Waals surface area (Å²) in [4.78, 5) is 38.8. The molecule has 2 aliphatic heterocycles. The monoisotopic (exact) mass is 548 g/mol. The Hall–Kier alpha value is -3.65. The topological polar surface area (TPSA) is 95.9 Å². The van der Waals surface area contributed by atoms with Gasteiger partial charge in [-0.1, -0.05) is 48.4 Å². The first kappa shape index (κ1) is 26.9. The van der Waals surface area contributed by atoms with E-state index in [2.05, 4.69) is 9.88 Å². The van der Waals surface area contributed by atoms with Crippen LogP contribution in [0.5, 0.6) is 5.75 Å². The Morgan fingerprint density at radius 1 is 1.08 bits per heavy atom. The van der Waals surface area contributed by atoms with E-state index in [-0.39, 0.29) is 17.5 Å². The lowest BCUT2D eigenvalue weighted by Gasteiger charge is -2.30. The zero-order chi connectivity index (χ0) is 27.4. The number of hydrogen-bond donors (Lipinski definition) is 1. The van der Waals surface area contributed by atoms with Crippen LogP contribution in [-0.4, -0.2) is 64.6 Å². The first-order valence-corrected chi connectivity index (χ1v) is 13.8. The van der Waals surface area contributed by atoms with Crippen LogP contribution < -0.4 is 9.64 Å². The molecule has 1 amide bonds. The number of rotatable bonds is 8. The number of carboxylic acids is 1. The fourth-order valence-corrected chi connectivity index (χ4v) is 5.90. The van der Waals surface area contributed by atoms with Crippen molar-refractivity contribution in [2.24, 2.45) is 5.92 Å². The molecule has 0 bridgehead atoms. The maximum atomic E-state index is 13.5. The number of carbonyl (C=O) groups excluding carboxylic acids is 1. The van der Waals surface area contributed by atoms with Gasteiger partial charge in [0.05, 0.1) is 30.8 Å². The minimum absolute atomic E-state index is 0.0648. The predicted octanol–water partition coefficient (Wildman–Crippen LogP) is 4.68. The van der Waals surface area contributed by atoms with Crippen molar-refractivity contribution in [1.29, 1.82) is 0 Å². The van der Waals surface area contributed by atoms with E-state index in [9.17, 15) is 14.7 Å². The minimum atomic E-state index is -1.03. The number of likely N-dealkylation sites (tertiary alicyclic amines) is 1. The highest BCUT2D eigenvalue weighted by molar-refractivity contribution is 6.30. The van der Waals surface area contributed by atoms with Crippen molar-refractivity contribution < 1.29 is 19.4 Å². The summed E-state index contributed by atoms with van der Waals surface area (Å²) >= 11 is 6.00. The third kappa shape index (κ3) is 6.17. The number of nitrogens with zero attached hydrogens (tertiary/aromatic N) is 4. The summed E-state index contributed by atoms with van der Waals surface area (Å²) in [6.45, 7) is 2.10. The van der Waals surface area contributed by atoms with Crippen LogP contribution in [0.1, 0.15) is 46.4 Å². The second-order valence-electron chi connectivity index (χ2n) is 10.3. The normalized spacial score (nSPS) is 18.9. The Bertz CT molecular complexity index is 1330. The van der Waals surface area contributed by atoms with Gasteiger partial charge in [0.2, 0.25) is 11.9 Å². The van der Waals surface area contributed by atoms with E-state index in [0.717, 1.165) is 49.2 Å². The second-order valence-corrected chi connectivity index (χ2v) is 10.7. The standard InChI is InChI=1S/C30H33ClN4O4/c1-39-27-8-3-2-6-21(27)16-28(36)35-15-5-4-7-22-18-34(19-26(22)35)30-32-17-24(29(37)38)25(33-30)14-11-20-9-12-23(31)13-10-20/h2-3,6,8-10,12-13,17,22,26H,4-5,7,11,14-16,18-19H2,1H3,(H,37,38)/t22-,26+/m0/s1. The second kappa shape index (κ2) is 12.0. The average Bonchev–Trinajstić information content (AvgIpc) is 3.26. The molecule has 0 aliphatic carbocycles. The number of amides is 1. The lowest BCUT2D eigenvalue weighted by molar-refractivity contribution is -0.132. The molecule has 5 rings (SSSR count). The molecule has 0 radical (unpaired) electrons. The van der Waals surface area contributed by atoms with Crippen molar-refractivity contribution in [1.82, 2.24) is 14.9 Å². The Labute approximate surface area is 233 Å². The molecule has 0 saturated carbocycles. The lowest BCUT2D eigenvalue weighted by atomic mass is 9.98. The van der Waals surface area contributed by atoms with E-state index in [4.69, 9.17) is 21.3 Å². The van der Waals surface area contributed by atoms with Crippen LogP contribution in [0.3, 0.4) is 0 Å². The highest BCUT2D eigenvalue weighted by atomic mass is 35.5. The summed E-state index contributed by atoms with van der Waals surface area (Å²) in [5, 5.41) is 10.4. The highest BCUT2D eigenvalue weighted by Gasteiger charge is 2.40. The number of hydrogen-bond acceptors (Lipinski definition) is 6. The Morgan fingerprint density at radius 3 is 2.64 bits per heavy atom. The van der Waals surface area contributed by atoms with Crippen LogP contribution in [0, 0.1) is 5.92 Å². The number of methoxy groups -OCH3 is 1. The van der Waals surface area contributed by atoms with Gasteiger partial charge in [0.25, 0.3) is 0 Å². The molecule has 2 saturated heterocycles. The largest absolute Gasteiger partial charge is 0.496 e. The highest BCUT2D eigenvalue weighted by Crippen LogP contribution is 2.33. The van der Waals surface area contributed by atoms with Crippen molar-refractivity contribution in [3.63, 3.8) is 0 Å². The number of ether oxygens (including phenoxy) is 1. The fourth-order valence-electron chi connectivity index (χ4n) is 5.77. The van der Waals surface area contributed by atoms with Crippen LogP contribution in [0.2, 0.25) is 5.02 Å². The zero-order valence-electron chi connectivity index (χ0n) is 22.1. The molecule has 9 heteroatoms. The summed E-state index contributed by atoms with van der Waals surface area (Å²) in [7, 11) is 1.62. The van der Waals surface area contributed by atoms with Gasteiger partial charge in [0, 0.05) is 36.4 Å². The minimum Gasteiger partial charge on any atom is -0.496 e. The van der Waals surface area contributed by atoms with Crippen LogP contribution in [-0.2, 0) is 24.1 Å². The lowest BCUT2D eigenvalue weighted by Crippen LogP contribution is -2.45. The van der Waals surface area contributed by atoms with Crippen molar-refractivity contribution in [2.75, 3.05) is 31.6 Å². The average molecular weight is 549 g/mol. The molecule has 2 fully saturated rings. The molecule has 1 aromatic heterocycles. The van der Waals surface area contributed by atoms with E-state index in [0.29, 0.717) is 48.4 Å².